The lowest BCUT2D eigenvalue weighted by atomic mass is 10.3. The molecule has 0 saturated carbocycles. The summed E-state index contributed by atoms with van der Waals surface area (Å²) in [4.78, 5) is 6.78. The molecule has 0 N–H and O–H groups in total. The minimum Gasteiger partial charge on any atom is -0.492 e. The highest BCUT2D eigenvalue weighted by Crippen LogP contribution is 2.17. The van der Waals surface area contributed by atoms with Crippen molar-refractivity contribution in [3.8, 4) is 5.75 Å². The maximum Gasteiger partial charge on any atom is 0.151 e. The molecular formula is C15H20N4O2. The van der Waals surface area contributed by atoms with Gasteiger partial charge in [0, 0.05) is 32.1 Å². The van der Waals surface area contributed by atoms with Crippen LogP contribution in [0.1, 0.15) is 12.7 Å². The number of aryl methyl sites for hydroxylation is 1. The molecule has 1 aliphatic heterocycles. The van der Waals surface area contributed by atoms with E-state index in [9.17, 15) is 0 Å². The van der Waals surface area contributed by atoms with Crippen molar-refractivity contribution in [3.05, 3.63) is 24.0 Å². The Morgan fingerprint density at radius 3 is 2.86 bits per heavy atom. The molecule has 0 unspecified atom stereocenters. The van der Waals surface area contributed by atoms with E-state index in [0.29, 0.717) is 6.61 Å². The third-order valence-corrected chi connectivity index (χ3v) is 3.57. The summed E-state index contributed by atoms with van der Waals surface area (Å²) in [6.45, 7) is 7.20. The molecule has 1 saturated heterocycles. The fourth-order valence-corrected chi connectivity index (χ4v) is 2.31. The van der Waals surface area contributed by atoms with Crippen LogP contribution in [0.15, 0.2) is 18.2 Å². The van der Waals surface area contributed by atoms with E-state index in [-0.39, 0.29) is 0 Å². The molecule has 21 heavy (non-hydrogen) atoms. The molecule has 1 aromatic heterocycles. The van der Waals surface area contributed by atoms with E-state index in [1.807, 2.05) is 25.1 Å². The molecule has 0 amide bonds. The van der Waals surface area contributed by atoms with Crippen LogP contribution in [-0.4, -0.2) is 59.5 Å². The molecule has 112 valence electrons. The molecule has 0 spiro atoms. The van der Waals surface area contributed by atoms with Crippen molar-refractivity contribution in [2.24, 2.45) is 0 Å². The van der Waals surface area contributed by atoms with E-state index in [1.54, 1.807) is 0 Å². The molecule has 0 atom stereocenters. The van der Waals surface area contributed by atoms with Crippen LogP contribution in [0.3, 0.4) is 0 Å². The van der Waals surface area contributed by atoms with Gasteiger partial charge in [-0.25, -0.2) is 4.98 Å². The van der Waals surface area contributed by atoms with Crippen LogP contribution in [0.25, 0.3) is 11.0 Å². The molecule has 2 aromatic rings. The maximum absolute atomic E-state index is 5.80. The predicted molar refractivity (Wildman–Crippen MR) is 79.5 cm³/mol. The summed E-state index contributed by atoms with van der Waals surface area (Å²) in [5.74, 6) is 1.58. The summed E-state index contributed by atoms with van der Waals surface area (Å²) in [7, 11) is 0. The average Bonchev–Trinajstić information content (AvgIpc) is 2.55. The van der Waals surface area contributed by atoms with E-state index >= 15 is 0 Å². The van der Waals surface area contributed by atoms with Crippen LogP contribution in [0.2, 0.25) is 0 Å². The zero-order valence-corrected chi connectivity index (χ0v) is 12.3. The van der Waals surface area contributed by atoms with Crippen molar-refractivity contribution in [1.29, 1.82) is 0 Å². The number of nitrogens with zero attached hydrogens (tertiary/aromatic N) is 4. The zero-order valence-electron chi connectivity index (χ0n) is 12.3. The predicted octanol–water partition coefficient (Wildman–Crippen LogP) is 1.30. The molecule has 1 aromatic carbocycles. The Morgan fingerprint density at radius 2 is 2.05 bits per heavy atom. The van der Waals surface area contributed by atoms with Gasteiger partial charge in [0.15, 0.2) is 5.82 Å². The summed E-state index contributed by atoms with van der Waals surface area (Å²) in [5.41, 5.74) is 1.64. The normalized spacial score (nSPS) is 16.2. The third kappa shape index (κ3) is 3.65. The highest BCUT2D eigenvalue weighted by atomic mass is 16.5. The molecule has 2 heterocycles. The fraction of sp³-hybridized carbons (Fsp3) is 0.533. The van der Waals surface area contributed by atoms with Gasteiger partial charge in [0.2, 0.25) is 0 Å². The van der Waals surface area contributed by atoms with Crippen LogP contribution >= 0.6 is 0 Å². The number of aromatic nitrogens is 3. The van der Waals surface area contributed by atoms with Gasteiger partial charge in [-0.15, -0.1) is 10.2 Å². The van der Waals surface area contributed by atoms with Gasteiger partial charge in [-0.05, 0) is 12.1 Å². The van der Waals surface area contributed by atoms with Gasteiger partial charge < -0.3 is 9.47 Å². The molecule has 0 aliphatic carbocycles. The largest absolute Gasteiger partial charge is 0.492 e. The summed E-state index contributed by atoms with van der Waals surface area (Å²) >= 11 is 0. The van der Waals surface area contributed by atoms with Crippen molar-refractivity contribution in [1.82, 2.24) is 20.1 Å². The van der Waals surface area contributed by atoms with Crippen LogP contribution in [0, 0.1) is 0 Å². The second kappa shape index (κ2) is 6.78. The number of hydrogen-bond donors (Lipinski definition) is 0. The number of morpholine rings is 1. The first-order valence-electron chi connectivity index (χ1n) is 7.41. The molecule has 0 radical (unpaired) electrons. The van der Waals surface area contributed by atoms with E-state index in [4.69, 9.17) is 9.47 Å². The highest BCUT2D eigenvalue weighted by molar-refractivity contribution is 5.75. The van der Waals surface area contributed by atoms with Crippen molar-refractivity contribution in [2.45, 2.75) is 13.3 Å². The number of ether oxygens (including phenoxy) is 2. The smallest absolute Gasteiger partial charge is 0.151 e. The first-order chi connectivity index (χ1) is 10.3. The van der Waals surface area contributed by atoms with Crippen LogP contribution in [0.5, 0.6) is 5.75 Å². The van der Waals surface area contributed by atoms with Gasteiger partial charge in [0.05, 0.1) is 18.7 Å². The molecule has 3 rings (SSSR count). The maximum atomic E-state index is 5.80. The summed E-state index contributed by atoms with van der Waals surface area (Å²) in [6.07, 6.45) is 0.792. The van der Waals surface area contributed by atoms with Gasteiger partial charge in [0.1, 0.15) is 17.9 Å². The number of benzene rings is 1. The highest BCUT2D eigenvalue weighted by Gasteiger charge is 2.10. The first kappa shape index (κ1) is 14.2. The molecule has 6 nitrogen and oxygen atoms in total. The van der Waals surface area contributed by atoms with Gasteiger partial charge in [-0.1, -0.05) is 6.92 Å². The Morgan fingerprint density at radius 1 is 1.19 bits per heavy atom. The minimum absolute atomic E-state index is 0.666. The average molecular weight is 288 g/mol. The summed E-state index contributed by atoms with van der Waals surface area (Å²) in [5, 5.41) is 8.27. The molecule has 0 bridgehead atoms. The zero-order chi connectivity index (χ0) is 14.5. The standard InChI is InChI=1S/C15H20N4O2/c1-2-15-16-13-4-3-12(11-14(13)17-18-15)21-10-7-19-5-8-20-9-6-19/h3-4,11H,2,5-10H2,1H3. The summed E-state index contributed by atoms with van der Waals surface area (Å²) < 4.78 is 11.1. The lowest BCUT2D eigenvalue weighted by Crippen LogP contribution is -2.38. The van der Waals surface area contributed by atoms with Crippen molar-refractivity contribution < 1.29 is 9.47 Å². The van der Waals surface area contributed by atoms with E-state index in [1.165, 1.54) is 0 Å². The Balaban J connectivity index is 1.59. The third-order valence-electron chi connectivity index (χ3n) is 3.57. The Bertz CT molecular complexity index is 599. The lowest BCUT2D eigenvalue weighted by molar-refractivity contribution is 0.0322. The Labute approximate surface area is 124 Å². The van der Waals surface area contributed by atoms with Gasteiger partial charge in [-0.3, -0.25) is 4.90 Å². The van der Waals surface area contributed by atoms with Gasteiger partial charge >= 0.3 is 0 Å². The van der Waals surface area contributed by atoms with Gasteiger partial charge in [0.25, 0.3) is 0 Å². The van der Waals surface area contributed by atoms with Crippen molar-refractivity contribution >= 4 is 11.0 Å². The molecule has 1 fully saturated rings. The molecular weight excluding hydrogens is 268 g/mol. The lowest BCUT2D eigenvalue weighted by Gasteiger charge is -2.26. The Hall–Kier alpha value is -1.79. The number of hydrogen-bond acceptors (Lipinski definition) is 6. The number of fused-ring (bicyclic) bond motifs is 1. The number of rotatable bonds is 5. The Kier molecular flexibility index (Phi) is 4.57. The molecule has 1 aliphatic rings. The minimum atomic E-state index is 0.666. The van der Waals surface area contributed by atoms with E-state index < -0.39 is 0 Å². The van der Waals surface area contributed by atoms with E-state index in [0.717, 1.165) is 61.9 Å². The van der Waals surface area contributed by atoms with Crippen LogP contribution in [-0.2, 0) is 11.2 Å². The van der Waals surface area contributed by atoms with Gasteiger partial charge in [-0.2, -0.15) is 0 Å². The topological polar surface area (TPSA) is 60.4 Å². The SMILES string of the molecule is CCc1nnc2cc(OCCN3CCOCC3)ccc2n1. The summed E-state index contributed by atoms with van der Waals surface area (Å²) in [6, 6.07) is 5.77. The first-order valence-corrected chi connectivity index (χ1v) is 7.41. The fourth-order valence-electron chi connectivity index (χ4n) is 2.31. The van der Waals surface area contributed by atoms with Crippen LogP contribution < -0.4 is 4.74 Å². The monoisotopic (exact) mass is 288 g/mol. The second-order valence-corrected chi connectivity index (χ2v) is 5.03. The van der Waals surface area contributed by atoms with Crippen molar-refractivity contribution in [3.63, 3.8) is 0 Å². The second-order valence-electron chi connectivity index (χ2n) is 5.03. The van der Waals surface area contributed by atoms with Crippen LogP contribution in [0.4, 0.5) is 0 Å². The molecule has 6 heteroatoms. The quantitative estimate of drug-likeness (QED) is 0.826. The van der Waals surface area contributed by atoms with E-state index in [2.05, 4.69) is 20.1 Å². The van der Waals surface area contributed by atoms with Crippen molar-refractivity contribution in [2.75, 3.05) is 39.5 Å².